The Hall–Kier alpha value is -3.08. The van der Waals surface area contributed by atoms with Crippen LogP contribution in [0.5, 0.6) is 5.75 Å². The minimum absolute atomic E-state index is 0.00398. The van der Waals surface area contributed by atoms with Gasteiger partial charge in [0.1, 0.15) is 17.9 Å². The number of aromatic hydroxyl groups is 1. The number of fused-ring (bicyclic) bond motifs is 1. The molecule has 5 heteroatoms. The maximum atomic E-state index is 12.5. The van der Waals surface area contributed by atoms with Crippen molar-refractivity contribution in [2.45, 2.75) is 27.4 Å². The van der Waals surface area contributed by atoms with Crippen molar-refractivity contribution in [3.05, 3.63) is 74.6 Å². The van der Waals surface area contributed by atoms with Gasteiger partial charge >= 0.3 is 11.6 Å². The molecule has 0 saturated carbocycles. The second-order valence-electron chi connectivity index (χ2n) is 6.12. The van der Waals surface area contributed by atoms with Gasteiger partial charge in [0.25, 0.3) is 0 Å². The van der Waals surface area contributed by atoms with E-state index in [2.05, 4.69) is 0 Å². The SMILES string of the molecule is Cc1cc(C)c(C(=O)OCc2cc(=O)oc3cc(O)ccc23)c(C)c1. The number of benzene rings is 2. The van der Waals surface area contributed by atoms with Crippen LogP contribution < -0.4 is 5.63 Å². The predicted molar refractivity (Wildman–Crippen MR) is 93.9 cm³/mol. The normalized spacial score (nSPS) is 10.8. The van der Waals surface area contributed by atoms with E-state index in [1.807, 2.05) is 32.9 Å². The van der Waals surface area contributed by atoms with Crippen LogP contribution in [0, 0.1) is 20.8 Å². The van der Waals surface area contributed by atoms with Gasteiger partial charge in [0, 0.05) is 23.1 Å². The molecule has 0 spiro atoms. The van der Waals surface area contributed by atoms with E-state index >= 15 is 0 Å². The van der Waals surface area contributed by atoms with Crippen LogP contribution in [0.15, 0.2) is 45.6 Å². The van der Waals surface area contributed by atoms with Crippen molar-refractivity contribution in [2.75, 3.05) is 0 Å². The average Bonchev–Trinajstić information content (AvgIpc) is 2.50. The first-order valence-corrected chi connectivity index (χ1v) is 7.86. The summed E-state index contributed by atoms with van der Waals surface area (Å²) < 4.78 is 10.5. The fourth-order valence-electron chi connectivity index (χ4n) is 3.06. The summed E-state index contributed by atoms with van der Waals surface area (Å²) in [7, 11) is 0. The Morgan fingerprint density at radius 2 is 1.76 bits per heavy atom. The highest BCUT2D eigenvalue weighted by Gasteiger charge is 2.15. The molecule has 25 heavy (non-hydrogen) atoms. The number of ether oxygens (including phenoxy) is 1. The second kappa shape index (κ2) is 6.43. The lowest BCUT2D eigenvalue weighted by atomic mass is 10.00. The number of hydrogen-bond acceptors (Lipinski definition) is 5. The van der Waals surface area contributed by atoms with E-state index < -0.39 is 11.6 Å². The average molecular weight is 338 g/mol. The summed E-state index contributed by atoms with van der Waals surface area (Å²) in [6.07, 6.45) is 0. The third-order valence-electron chi connectivity index (χ3n) is 4.05. The topological polar surface area (TPSA) is 76.7 Å². The molecule has 1 heterocycles. The first-order valence-electron chi connectivity index (χ1n) is 7.86. The van der Waals surface area contributed by atoms with Crippen molar-refractivity contribution >= 4 is 16.9 Å². The van der Waals surface area contributed by atoms with Crippen molar-refractivity contribution in [2.24, 2.45) is 0 Å². The third-order valence-corrected chi connectivity index (χ3v) is 4.05. The first-order chi connectivity index (χ1) is 11.8. The minimum Gasteiger partial charge on any atom is -0.508 e. The van der Waals surface area contributed by atoms with Crippen molar-refractivity contribution in [1.82, 2.24) is 0 Å². The molecule has 2 aromatic carbocycles. The van der Waals surface area contributed by atoms with Gasteiger partial charge in [0.05, 0.1) is 5.56 Å². The lowest BCUT2D eigenvalue weighted by Gasteiger charge is -2.12. The second-order valence-corrected chi connectivity index (χ2v) is 6.12. The first kappa shape index (κ1) is 16.8. The molecular weight excluding hydrogens is 320 g/mol. The summed E-state index contributed by atoms with van der Waals surface area (Å²) in [6.45, 7) is 5.65. The summed E-state index contributed by atoms with van der Waals surface area (Å²) in [5.74, 6) is -0.439. The largest absolute Gasteiger partial charge is 0.508 e. The van der Waals surface area contributed by atoms with E-state index in [1.54, 1.807) is 6.07 Å². The molecule has 1 aromatic heterocycles. The van der Waals surface area contributed by atoms with Gasteiger partial charge in [0.2, 0.25) is 0 Å². The van der Waals surface area contributed by atoms with Gasteiger partial charge in [-0.15, -0.1) is 0 Å². The molecule has 0 fully saturated rings. The van der Waals surface area contributed by atoms with Gasteiger partial charge in [-0.25, -0.2) is 9.59 Å². The molecule has 0 unspecified atom stereocenters. The Bertz CT molecular complexity index is 1010. The van der Waals surface area contributed by atoms with Crippen LogP contribution in [0.1, 0.15) is 32.6 Å². The van der Waals surface area contributed by atoms with Crippen LogP contribution in [0.3, 0.4) is 0 Å². The molecule has 0 amide bonds. The molecule has 0 aliphatic rings. The number of phenols is 1. The van der Waals surface area contributed by atoms with Crippen LogP contribution >= 0.6 is 0 Å². The Labute approximate surface area is 144 Å². The molecule has 0 saturated heterocycles. The molecule has 128 valence electrons. The lowest BCUT2D eigenvalue weighted by molar-refractivity contribution is 0.0472. The molecule has 0 atom stereocenters. The van der Waals surface area contributed by atoms with Crippen LogP contribution in [0.2, 0.25) is 0 Å². The highest BCUT2D eigenvalue weighted by atomic mass is 16.5. The molecule has 0 radical (unpaired) electrons. The van der Waals surface area contributed by atoms with E-state index in [0.717, 1.165) is 16.7 Å². The van der Waals surface area contributed by atoms with Gasteiger partial charge in [-0.2, -0.15) is 0 Å². The Balaban J connectivity index is 1.91. The summed E-state index contributed by atoms with van der Waals surface area (Å²) in [6, 6.07) is 9.62. The van der Waals surface area contributed by atoms with Crippen LogP contribution in [0.25, 0.3) is 11.0 Å². The zero-order chi connectivity index (χ0) is 18.1. The number of carbonyl (C=O) groups excluding carboxylic acids is 1. The highest BCUT2D eigenvalue weighted by molar-refractivity contribution is 5.93. The van der Waals surface area contributed by atoms with Crippen molar-refractivity contribution in [1.29, 1.82) is 0 Å². The number of esters is 1. The smallest absolute Gasteiger partial charge is 0.339 e. The van der Waals surface area contributed by atoms with E-state index in [0.29, 0.717) is 16.5 Å². The molecular formula is C20H18O5. The van der Waals surface area contributed by atoms with Gasteiger partial charge in [-0.3, -0.25) is 0 Å². The van der Waals surface area contributed by atoms with Crippen LogP contribution in [0.4, 0.5) is 0 Å². The Kier molecular flexibility index (Phi) is 4.31. The zero-order valence-corrected chi connectivity index (χ0v) is 14.3. The fraction of sp³-hybridized carbons (Fsp3) is 0.200. The number of hydrogen-bond donors (Lipinski definition) is 1. The zero-order valence-electron chi connectivity index (χ0n) is 14.3. The van der Waals surface area contributed by atoms with E-state index in [9.17, 15) is 14.7 Å². The van der Waals surface area contributed by atoms with E-state index in [4.69, 9.17) is 9.15 Å². The van der Waals surface area contributed by atoms with Crippen LogP contribution in [-0.2, 0) is 11.3 Å². The molecule has 5 nitrogen and oxygen atoms in total. The van der Waals surface area contributed by atoms with Gasteiger partial charge < -0.3 is 14.3 Å². The van der Waals surface area contributed by atoms with Crippen molar-refractivity contribution < 1.29 is 19.1 Å². The maximum absolute atomic E-state index is 12.5. The van der Waals surface area contributed by atoms with Gasteiger partial charge in [-0.05, 0) is 44.0 Å². The van der Waals surface area contributed by atoms with E-state index in [1.165, 1.54) is 18.2 Å². The van der Waals surface area contributed by atoms with Crippen molar-refractivity contribution in [3.8, 4) is 5.75 Å². The van der Waals surface area contributed by atoms with Crippen LogP contribution in [-0.4, -0.2) is 11.1 Å². The summed E-state index contributed by atoms with van der Waals surface area (Å²) in [5.41, 5.74) is 3.54. The highest BCUT2D eigenvalue weighted by Crippen LogP contribution is 2.23. The van der Waals surface area contributed by atoms with E-state index in [-0.39, 0.29) is 17.9 Å². The van der Waals surface area contributed by atoms with Crippen molar-refractivity contribution in [3.63, 3.8) is 0 Å². The quantitative estimate of drug-likeness (QED) is 0.581. The Morgan fingerprint density at radius 1 is 1.08 bits per heavy atom. The monoisotopic (exact) mass is 338 g/mol. The number of carbonyl (C=O) groups is 1. The summed E-state index contributed by atoms with van der Waals surface area (Å²) in [5, 5.41) is 10.1. The summed E-state index contributed by atoms with van der Waals surface area (Å²) >= 11 is 0. The predicted octanol–water partition coefficient (Wildman–Crippen LogP) is 3.78. The molecule has 0 aliphatic carbocycles. The Morgan fingerprint density at radius 3 is 2.44 bits per heavy atom. The molecule has 3 rings (SSSR count). The van der Waals surface area contributed by atoms with Gasteiger partial charge in [-0.1, -0.05) is 17.7 Å². The number of rotatable bonds is 3. The standard InChI is InChI=1S/C20H18O5/c1-11-6-12(2)19(13(3)7-11)20(23)24-10-14-8-18(22)25-17-9-15(21)4-5-16(14)17/h4-9,21H,10H2,1-3H3. The lowest BCUT2D eigenvalue weighted by Crippen LogP contribution is -2.11. The molecule has 1 N–H and O–H groups in total. The minimum atomic E-state index is -0.563. The fourth-order valence-corrected chi connectivity index (χ4v) is 3.06. The number of aryl methyl sites for hydroxylation is 3. The molecule has 0 aliphatic heterocycles. The molecule has 3 aromatic rings. The number of phenolic OH excluding ortho intramolecular Hbond substituents is 1. The van der Waals surface area contributed by atoms with Gasteiger partial charge in [0.15, 0.2) is 0 Å². The summed E-state index contributed by atoms with van der Waals surface area (Å²) in [4.78, 5) is 24.2. The maximum Gasteiger partial charge on any atom is 0.339 e. The third kappa shape index (κ3) is 3.40. The molecule has 0 bridgehead atoms.